The molecule has 0 amide bonds. The average molecular weight is 146 g/mol. The molecule has 62 valence electrons. The van der Waals surface area contributed by atoms with E-state index in [-0.39, 0.29) is 12.6 Å². The highest BCUT2D eigenvalue weighted by Crippen LogP contribution is 1.98. The summed E-state index contributed by atoms with van der Waals surface area (Å²) >= 11 is 0. The van der Waals surface area contributed by atoms with Gasteiger partial charge in [-0.15, -0.1) is 0 Å². The Kier molecular flexibility index (Phi) is 5.58. The standard InChI is InChI=1S/C7H18N2O/c1-3-7(6-10)9(2)5-4-8/h7,10H,3-6,8H2,1-2H3. The quantitative estimate of drug-likeness (QED) is 0.557. The number of hydrogen-bond acceptors (Lipinski definition) is 3. The summed E-state index contributed by atoms with van der Waals surface area (Å²) in [5.74, 6) is 0. The minimum Gasteiger partial charge on any atom is -0.395 e. The van der Waals surface area contributed by atoms with E-state index in [4.69, 9.17) is 10.8 Å². The topological polar surface area (TPSA) is 49.5 Å². The Balaban J connectivity index is 3.53. The lowest BCUT2D eigenvalue weighted by Gasteiger charge is -2.24. The zero-order valence-corrected chi connectivity index (χ0v) is 6.88. The average Bonchev–Trinajstić information content (AvgIpc) is 1.91. The van der Waals surface area contributed by atoms with Crippen LogP contribution in [0.25, 0.3) is 0 Å². The molecule has 0 fully saturated rings. The van der Waals surface area contributed by atoms with Gasteiger partial charge in [0, 0.05) is 19.1 Å². The van der Waals surface area contributed by atoms with Crippen LogP contribution in [-0.4, -0.2) is 42.8 Å². The van der Waals surface area contributed by atoms with E-state index in [0.717, 1.165) is 13.0 Å². The molecule has 0 heterocycles. The number of nitrogens with two attached hydrogens (primary N) is 1. The van der Waals surface area contributed by atoms with Gasteiger partial charge in [-0.2, -0.15) is 0 Å². The van der Waals surface area contributed by atoms with E-state index in [0.29, 0.717) is 6.54 Å². The van der Waals surface area contributed by atoms with Crippen molar-refractivity contribution in [2.24, 2.45) is 5.73 Å². The first-order chi connectivity index (χ1) is 4.76. The van der Waals surface area contributed by atoms with Gasteiger partial charge < -0.3 is 10.8 Å². The lowest BCUT2D eigenvalue weighted by Crippen LogP contribution is -2.37. The van der Waals surface area contributed by atoms with Gasteiger partial charge in [0.1, 0.15) is 0 Å². The Morgan fingerprint density at radius 3 is 2.50 bits per heavy atom. The highest BCUT2D eigenvalue weighted by molar-refractivity contribution is 4.64. The van der Waals surface area contributed by atoms with E-state index in [1.165, 1.54) is 0 Å². The predicted molar refractivity (Wildman–Crippen MR) is 42.8 cm³/mol. The summed E-state index contributed by atoms with van der Waals surface area (Å²) in [6.45, 7) is 3.81. The van der Waals surface area contributed by atoms with E-state index in [1.807, 2.05) is 7.05 Å². The van der Waals surface area contributed by atoms with Gasteiger partial charge in [0.15, 0.2) is 0 Å². The third-order valence-electron chi connectivity index (χ3n) is 1.79. The third-order valence-corrected chi connectivity index (χ3v) is 1.79. The van der Waals surface area contributed by atoms with Crippen LogP contribution in [0.2, 0.25) is 0 Å². The molecule has 1 atom stereocenters. The second-order valence-corrected chi connectivity index (χ2v) is 2.51. The van der Waals surface area contributed by atoms with Crippen molar-refractivity contribution in [2.45, 2.75) is 19.4 Å². The highest BCUT2D eigenvalue weighted by atomic mass is 16.3. The number of aliphatic hydroxyl groups excluding tert-OH is 1. The van der Waals surface area contributed by atoms with Crippen LogP contribution in [0.4, 0.5) is 0 Å². The molecule has 1 unspecified atom stereocenters. The second kappa shape index (κ2) is 5.65. The molecular formula is C7H18N2O. The van der Waals surface area contributed by atoms with E-state index in [1.54, 1.807) is 0 Å². The zero-order chi connectivity index (χ0) is 7.98. The summed E-state index contributed by atoms with van der Waals surface area (Å²) in [5.41, 5.74) is 5.35. The molecule has 0 saturated carbocycles. The summed E-state index contributed by atoms with van der Waals surface area (Å²) in [7, 11) is 1.98. The molecule has 3 N–H and O–H groups in total. The molecule has 10 heavy (non-hydrogen) atoms. The van der Waals surface area contributed by atoms with Gasteiger partial charge in [0.2, 0.25) is 0 Å². The summed E-state index contributed by atoms with van der Waals surface area (Å²) in [4.78, 5) is 2.08. The van der Waals surface area contributed by atoms with Gasteiger partial charge in [0.25, 0.3) is 0 Å². The number of likely N-dealkylation sites (N-methyl/N-ethyl adjacent to an activating group) is 1. The molecule has 3 nitrogen and oxygen atoms in total. The first kappa shape index (κ1) is 9.88. The van der Waals surface area contributed by atoms with Crippen molar-refractivity contribution in [1.82, 2.24) is 4.90 Å². The lowest BCUT2D eigenvalue weighted by atomic mass is 10.2. The fourth-order valence-corrected chi connectivity index (χ4v) is 0.966. The molecule has 0 aromatic rings. The molecule has 0 aliphatic heterocycles. The number of rotatable bonds is 5. The van der Waals surface area contributed by atoms with E-state index in [9.17, 15) is 0 Å². The van der Waals surface area contributed by atoms with Crippen molar-refractivity contribution < 1.29 is 5.11 Å². The van der Waals surface area contributed by atoms with Crippen molar-refractivity contribution in [3.63, 3.8) is 0 Å². The Morgan fingerprint density at radius 2 is 2.20 bits per heavy atom. The predicted octanol–water partition coefficient (Wildman–Crippen LogP) is -0.352. The van der Waals surface area contributed by atoms with Crippen LogP contribution in [0.1, 0.15) is 13.3 Å². The van der Waals surface area contributed by atoms with Crippen molar-refractivity contribution in [2.75, 3.05) is 26.7 Å². The van der Waals surface area contributed by atoms with Crippen LogP contribution in [0.5, 0.6) is 0 Å². The second-order valence-electron chi connectivity index (χ2n) is 2.51. The van der Waals surface area contributed by atoms with E-state index in [2.05, 4.69) is 11.8 Å². The van der Waals surface area contributed by atoms with Crippen LogP contribution >= 0.6 is 0 Å². The summed E-state index contributed by atoms with van der Waals surface area (Å²) in [6, 6.07) is 0.281. The van der Waals surface area contributed by atoms with Crippen LogP contribution in [0, 0.1) is 0 Å². The largest absolute Gasteiger partial charge is 0.395 e. The highest BCUT2D eigenvalue weighted by Gasteiger charge is 2.08. The summed E-state index contributed by atoms with van der Waals surface area (Å²) in [6.07, 6.45) is 0.979. The molecule has 3 heteroatoms. The maximum atomic E-state index is 8.84. The van der Waals surface area contributed by atoms with E-state index < -0.39 is 0 Å². The van der Waals surface area contributed by atoms with Gasteiger partial charge in [-0.05, 0) is 13.5 Å². The number of aliphatic hydroxyl groups is 1. The third kappa shape index (κ3) is 3.15. The van der Waals surface area contributed by atoms with Crippen LogP contribution in [0.3, 0.4) is 0 Å². The van der Waals surface area contributed by atoms with E-state index >= 15 is 0 Å². The zero-order valence-electron chi connectivity index (χ0n) is 6.88. The molecule has 0 radical (unpaired) electrons. The Morgan fingerprint density at radius 1 is 1.60 bits per heavy atom. The Labute approximate surface area is 62.8 Å². The molecule has 0 bridgehead atoms. The minimum absolute atomic E-state index is 0.229. The van der Waals surface area contributed by atoms with Crippen molar-refractivity contribution in [3.05, 3.63) is 0 Å². The molecule has 0 saturated heterocycles. The lowest BCUT2D eigenvalue weighted by molar-refractivity contribution is 0.146. The molecule has 0 aliphatic carbocycles. The van der Waals surface area contributed by atoms with Crippen molar-refractivity contribution in [3.8, 4) is 0 Å². The van der Waals surface area contributed by atoms with Crippen LogP contribution in [0.15, 0.2) is 0 Å². The van der Waals surface area contributed by atoms with Gasteiger partial charge in [-0.1, -0.05) is 6.92 Å². The smallest absolute Gasteiger partial charge is 0.0586 e. The van der Waals surface area contributed by atoms with Crippen molar-refractivity contribution in [1.29, 1.82) is 0 Å². The maximum Gasteiger partial charge on any atom is 0.0586 e. The first-order valence-corrected chi connectivity index (χ1v) is 3.77. The van der Waals surface area contributed by atoms with Crippen molar-refractivity contribution >= 4 is 0 Å². The summed E-state index contributed by atoms with van der Waals surface area (Å²) in [5, 5.41) is 8.84. The number of nitrogens with zero attached hydrogens (tertiary/aromatic N) is 1. The first-order valence-electron chi connectivity index (χ1n) is 3.77. The Bertz CT molecular complexity index is 74.0. The molecular weight excluding hydrogens is 128 g/mol. The van der Waals surface area contributed by atoms with Gasteiger partial charge in [-0.25, -0.2) is 0 Å². The van der Waals surface area contributed by atoms with Crippen LogP contribution < -0.4 is 5.73 Å². The van der Waals surface area contributed by atoms with Gasteiger partial charge in [0.05, 0.1) is 6.61 Å². The molecule has 0 aromatic carbocycles. The van der Waals surface area contributed by atoms with Gasteiger partial charge in [-0.3, -0.25) is 4.90 Å². The monoisotopic (exact) mass is 146 g/mol. The molecule has 0 aromatic heterocycles. The fourth-order valence-electron chi connectivity index (χ4n) is 0.966. The Hall–Kier alpha value is -0.120. The van der Waals surface area contributed by atoms with Crippen LogP contribution in [-0.2, 0) is 0 Å². The fraction of sp³-hybridized carbons (Fsp3) is 1.00. The number of hydrogen-bond donors (Lipinski definition) is 2. The van der Waals surface area contributed by atoms with Gasteiger partial charge >= 0.3 is 0 Å². The molecule has 0 spiro atoms. The summed E-state index contributed by atoms with van der Waals surface area (Å²) < 4.78 is 0. The SMILES string of the molecule is CCC(CO)N(C)CCN. The molecule has 0 aliphatic rings. The minimum atomic E-state index is 0.229. The normalized spacial score (nSPS) is 14.1. The molecule has 0 rings (SSSR count). The maximum absolute atomic E-state index is 8.84.